The molecule has 4 unspecified atom stereocenters. The number of hydrogen-bond acceptors (Lipinski definition) is 4. The predicted molar refractivity (Wildman–Crippen MR) is 89.2 cm³/mol. The lowest BCUT2D eigenvalue weighted by Gasteiger charge is -2.36. The summed E-state index contributed by atoms with van der Waals surface area (Å²) in [7, 11) is 0. The Balaban J connectivity index is 0.00000242. The van der Waals surface area contributed by atoms with Crippen LogP contribution in [-0.4, -0.2) is 55.4 Å². The number of amides is 1. The van der Waals surface area contributed by atoms with Crippen molar-refractivity contribution in [2.75, 3.05) is 26.3 Å². The quantitative estimate of drug-likeness (QED) is 0.834. The molecule has 0 saturated carbocycles. The first-order chi connectivity index (χ1) is 10.1. The number of halogens is 1. The molecule has 0 aromatic heterocycles. The van der Waals surface area contributed by atoms with Crippen LogP contribution in [0.25, 0.3) is 0 Å². The molecule has 0 aromatic rings. The van der Waals surface area contributed by atoms with Crippen LogP contribution in [0.3, 0.4) is 0 Å². The third-order valence-corrected chi connectivity index (χ3v) is 4.67. The number of nitrogens with two attached hydrogens (primary N) is 1. The van der Waals surface area contributed by atoms with Crippen LogP contribution >= 0.6 is 12.4 Å². The molecule has 0 aliphatic carbocycles. The topological polar surface area (TPSA) is 64.8 Å². The van der Waals surface area contributed by atoms with E-state index >= 15 is 0 Å². The highest BCUT2D eigenvalue weighted by molar-refractivity contribution is 5.85. The van der Waals surface area contributed by atoms with Crippen molar-refractivity contribution in [2.24, 2.45) is 11.7 Å². The van der Waals surface area contributed by atoms with Crippen molar-refractivity contribution in [2.45, 2.75) is 64.2 Å². The van der Waals surface area contributed by atoms with Crippen LogP contribution in [0, 0.1) is 5.92 Å². The van der Waals surface area contributed by atoms with Gasteiger partial charge in [0, 0.05) is 25.7 Å². The zero-order valence-corrected chi connectivity index (χ0v) is 14.6. The summed E-state index contributed by atoms with van der Waals surface area (Å²) in [6.45, 7) is 6.81. The maximum Gasteiger partial charge on any atom is 0.251 e. The van der Waals surface area contributed by atoms with E-state index in [0.29, 0.717) is 12.5 Å². The van der Waals surface area contributed by atoms with E-state index < -0.39 is 0 Å². The van der Waals surface area contributed by atoms with Gasteiger partial charge >= 0.3 is 0 Å². The summed E-state index contributed by atoms with van der Waals surface area (Å²) in [5, 5.41) is 0. The summed E-state index contributed by atoms with van der Waals surface area (Å²) in [6, 6.07) is 0.146. The lowest BCUT2D eigenvalue weighted by molar-refractivity contribution is -0.148. The summed E-state index contributed by atoms with van der Waals surface area (Å²) >= 11 is 0. The van der Waals surface area contributed by atoms with Crippen LogP contribution in [0.2, 0.25) is 0 Å². The van der Waals surface area contributed by atoms with Gasteiger partial charge in [-0.1, -0.05) is 0 Å². The fourth-order valence-corrected chi connectivity index (χ4v) is 3.16. The minimum absolute atomic E-state index is 0. The number of rotatable bonds is 5. The number of carbonyl (C=O) groups is 1. The molecule has 4 atom stereocenters. The molecule has 0 aromatic carbocycles. The molecule has 0 spiro atoms. The van der Waals surface area contributed by atoms with Crippen molar-refractivity contribution < 1.29 is 14.3 Å². The number of likely N-dealkylation sites (tertiary alicyclic amines) is 1. The van der Waals surface area contributed by atoms with Gasteiger partial charge in [-0.05, 0) is 51.9 Å². The van der Waals surface area contributed by atoms with Gasteiger partial charge in [-0.25, -0.2) is 0 Å². The summed E-state index contributed by atoms with van der Waals surface area (Å²) < 4.78 is 11.4. The van der Waals surface area contributed by atoms with Crippen LogP contribution < -0.4 is 5.73 Å². The average Bonchev–Trinajstić information content (AvgIpc) is 2.53. The third-order valence-electron chi connectivity index (χ3n) is 4.67. The second-order valence-corrected chi connectivity index (χ2v) is 6.51. The Morgan fingerprint density at radius 3 is 2.73 bits per heavy atom. The highest BCUT2D eigenvalue weighted by Crippen LogP contribution is 2.20. The van der Waals surface area contributed by atoms with Gasteiger partial charge in [-0.2, -0.15) is 0 Å². The SMILES string of the molecule is CC(OCC1CCCCO1)C(=O)N1CCCC(C(C)N)C1.Cl. The first-order valence-electron chi connectivity index (χ1n) is 8.35. The van der Waals surface area contributed by atoms with Crippen LogP contribution in [-0.2, 0) is 14.3 Å². The highest BCUT2D eigenvalue weighted by atomic mass is 35.5. The van der Waals surface area contributed by atoms with Crippen LogP contribution in [0.4, 0.5) is 0 Å². The van der Waals surface area contributed by atoms with E-state index in [0.717, 1.165) is 45.4 Å². The Morgan fingerprint density at radius 2 is 2.09 bits per heavy atom. The lowest BCUT2D eigenvalue weighted by atomic mass is 9.92. The highest BCUT2D eigenvalue weighted by Gasteiger charge is 2.29. The molecule has 2 fully saturated rings. The molecule has 130 valence electrons. The van der Waals surface area contributed by atoms with E-state index in [2.05, 4.69) is 0 Å². The van der Waals surface area contributed by atoms with E-state index in [9.17, 15) is 4.79 Å². The molecule has 2 saturated heterocycles. The molecule has 22 heavy (non-hydrogen) atoms. The molecule has 2 rings (SSSR count). The summed E-state index contributed by atoms with van der Waals surface area (Å²) in [6.07, 6.45) is 5.30. The monoisotopic (exact) mass is 334 g/mol. The Hall–Kier alpha value is -0.360. The molecule has 1 amide bonds. The second kappa shape index (κ2) is 9.71. The van der Waals surface area contributed by atoms with Crippen molar-refractivity contribution >= 4 is 18.3 Å². The molecule has 5 nitrogen and oxygen atoms in total. The molecular weight excluding hydrogens is 304 g/mol. The molecule has 2 aliphatic rings. The van der Waals surface area contributed by atoms with E-state index in [1.54, 1.807) is 0 Å². The Morgan fingerprint density at radius 1 is 1.32 bits per heavy atom. The average molecular weight is 335 g/mol. The fourth-order valence-electron chi connectivity index (χ4n) is 3.16. The van der Waals surface area contributed by atoms with Crippen molar-refractivity contribution in [3.63, 3.8) is 0 Å². The zero-order chi connectivity index (χ0) is 15.2. The minimum atomic E-state index is -0.387. The normalized spacial score (nSPS) is 28.6. The number of ether oxygens (including phenoxy) is 2. The van der Waals surface area contributed by atoms with Crippen LogP contribution in [0.5, 0.6) is 0 Å². The van der Waals surface area contributed by atoms with Gasteiger partial charge < -0.3 is 20.1 Å². The molecule has 2 aliphatic heterocycles. The van der Waals surface area contributed by atoms with Crippen LogP contribution in [0.15, 0.2) is 0 Å². The van der Waals surface area contributed by atoms with Gasteiger partial charge in [0.15, 0.2) is 0 Å². The van der Waals surface area contributed by atoms with Gasteiger partial charge in [0.25, 0.3) is 5.91 Å². The summed E-state index contributed by atoms with van der Waals surface area (Å²) in [5.41, 5.74) is 5.98. The van der Waals surface area contributed by atoms with Crippen molar-refractivity contribution in [1.82, 2.24) is 4.90 Å². The molecule has 2 N–H and O–H groups in total. The number of nitrogens with zero attached hydrogens (tertiary/aromatic N) is 1. The third kappa shape index (κ3) is 5.69. The van der Waals surface area contributed by atoms with Gasteiger partial charge in [0.05, 0.1) is 12.7 Å². The molecule has 0 bridgehead atoms. The van der Waals surface area contributed by atoms with Gasteiger partial charge in [0.2, 0.25) is 0 Å². The van der Waals surface area contributed by atoms with E-state index in [-0.39, 0.29) is 36.6 Å². The Kier molecular flexibility index (Phi) is 8.69. The largest absolute Gasteiger partial charge is 0.376 e. The number of piperidine rings is 1. The predicted octanol–water partition coefficient (Wildman–Crippen LogP) is 1.97. The first kappa shape index (κ1) is 19.7. The second-order valence-electron chi connectivity index (χ2n) is 6.51. The number of carbonyl (C=O) groups excluding carboxylic acids is 1. The summed E-state index contributed by atoms with van der Waals surface area (Å²) in [5.74, 6) is 0.507. The molecule has 0 radical (unpaired) electrons. The fraction of sp³-hybridized carbons (Fsp3) is 0.938. The van der Waals surface area contributed by atoms with Crippen molar-refractivity contribution in [1.29, 1.82) is 0 Å². The number of hydrogen-bond donors (Lipinski definition) is 1. The molecule has 6 heteroatoms. The Bertz CT molecular complexity index is 335. The standard InChI is InChI=1S/C16H30N2O3.ClH/c1-12(17)14-6-5-8-18(10-14)16(19)13(2)21-11-15-7-3-4-9-20-15;/h12-15H,3-11,17H2,1-2H3;1H. The molecule has 2 heterocycles. The Labute approximate surface area is 140 Å². The van der Waals surface area contributed by atoms with Gasteiger partial charge in [-0.3, -0.25) is 4.79 Å². The minimum Gasteiger partial charge on any atom is -0.376 e. The zero-order valence-electron chi connectivity index (χ0n) is 13.8. The van der Waals surface area contributed by atoms with E-state index in [4.69, 9.17) is 15.2 Å². The van der Waals surface area contributed by atoms with Gasteiger partial charge in [0.1, 0.15) is 6.10 Å². The van der Waals surface area contributed by atoms with Crippen molar-refractivity contribution in [3.8, 4) is 0 Å². The molecular formula is C16H31ClN2O3. The van der Waals surface area contributed by atoms with Gasteiger partial charge in [-0.15, -0.1) is 12.4 Å². The summed E-state index contributed by atoms with van der Waals surface area (Å²) in [4.78, 5) is 14.4. The maximum absolute atomic E-state index is 12.5. The smallest absolute Gasteiger partial charge is 0.251 e. The van der Waals surface area contributed by atoms with E-state index in [1.165, 1.54) is 6.42 Å². The first-order valence-corrected chi connectivity index (χ1v) is 8.35. The van der Waals surface area contributed by atoms with E-state index in [1.807, 2.05) is 18.7 Å². The van der Waals surface area contributed by atoms with Crippen molar-refractivity contribution in [3.05, 3.63) is 0 Å². The lowest BCUT2D eigenvalue weighted by Crippen LogP contribution is -2.48. The maximum atomic E-state index is 12.5. The van der Waals surface area contributed by atoms with Crippen LogP contribution in [0.1, 0.15) is 46.0 Å².